The van der Waals surface area contributed by atoms with Crippen molar-refractivity contribution in [1.82, 2.24) is 10.1 Å². The number of piperidine rings is 1. The first-order chi connectivity index (χ1) is 7.88. The first kappa shape index (κ1) is 9.05. The summed E-state index contributed by atoms with van der Waals surface area (Å²) in [7, 11) is 0. The highest BCUT2D eigenvalue weighted by Crippen LogP contribution is 2.49. The lowest BCUT2D eigenvalue weighted by Gasteiger charge is -2.31. The lowest BCUT2D eigenvalue weighted by atomic mass is 9.85. The molecule has 1 aromatic heterocycles. The van der Waals surface area contributed by atoms with Crippen LogP contribution in [0, 0.1) is 5.92 Å². The van der Waals surface area contributed by atoms with Crippen LogP contribution < -0.4 is 4.90 Å². The van der Waals surface area contributed by atoms with Crippen LogP contribution in [0.2, 0.25) is 0 Å². The summed E-state index contributed by atoms with van der Waals surface area (Å²) in [4.78, 5) is 5.08. The summed E-state index contributed by atoms with van der Waals surface area (Å²) in [6, 6.07) is 1.98. The molecule has 1 unspecified atom stereocenters. The Kier molecular flexibility index (Phi) is 1.70. The van der Waals surface area contributed by atoms with Crippen molar-refractivity contribution in [2.45, 2.75) is 24.8 Å². The molecule has 4 nitrogen and oxygen atoms in total. The van der Waals surface area contributed by atoms with Gasteiger partial charge >= 0.3 is 0 Å². The number of aromatic nitrogens is 1. The van der Waals surface area contributed by atoms with E-state index in [1.165, 1.54) is 32.4 Å². The van der Waals surface area contributed by atoms with Gasteiger partial charge in [0.05, 0.1) is 6.20 Å². The topological polar surface area (TPSA) is 32.5 Å². The molecule has 0 amide bonds. The summed E-state index contributed by atoms with van der Waals surface area (Å²) < 4.78 is 5.27. The third-order valence-corrected chi connectivity index (χ3v) is 4.90. The van der Waals surface area contributed by atoms with E-state index in [-0.39, 0.29) is 0 Å². The van der Waals surface area contributed by atoms with E-state index in [0.29, 0.717) is 5.54 Å². The SMILES string of the molecule is c1cc(N2CCC3(C2)C2CCN3CC2)on1. The fourth-order valence-electron chi connectivity index (χ4n) is 4.09. The minimum atomic E-state index is 0.479. The average Bonchev–Trinajstić information content (AvgIpc) is 3.08. The molecule has 1 aromatic rings. The largest absolute Gasteiger partial charge is 0.339 e. The molecule has 3 fully saturated rings. The zero-order valence-corrected chi connectivity index (χ0v) is 9.43. The van der Waals surface area contributed by atoms with E-state index in [1.807, 2.05) is 6.07 Å². The zero-order valence-electron chi connectivity index (χ0n) is 9.43. The van der Waals surface area contributed by atoms with Crippen molar-refractivity contribution in [3.05, 3.63) is 12.3 Å². The van der Waals surface area contributed by atoms with E-state index in [2.05, 4.69) is 15.0 Å². The molecule has 3 aliphatic heterocycles. The molecule has 86 valence electrons. The quantitative estimate of drug-likeness (QED) is 0.713. The van der Waals surface area contributed by atoms with Crippen molar-refractivity contribution in [1.29, 1.82) is 0 Å². The van der Waals surface area contributed by atoms with Gasteiger partial charge in [-0.15, -0.1) is 0 Å². The second-order valence-corrected chi connectivity index (χ2v) is 5.39. The lowest BCUT2D eigenvalue weighted by Crippen LogP contribution is -2.44. The standard InChI is InChI=1S/C12H17N3O/c1-5-13-16-11(1)14-8-4-12(9-14)10-2-6-15(12)7-3-10/h1,5,10H,2-4,6-9H2. The van der Waals surface area contributed by atoms with Gasteiger partial charge < -0.3 is 9.42 Å². The summed E-state index contributed by atoms with van der Waals surface area (Å²) in [5, 5.41) is 3.81. The van der Waals surface area contributed by atoms with Gasteiger partial charge in [0.25, 0.3) is 0 Å². The predicted octanol–water partition coefficient (Wildman–Crippen LogP) is 1.35. The van der Waals surface area contributed by atoms with Gasteiger partial charge in [-0.25, -0.2) is 0 Å². The first-order valence-electron chi connectivity index (χ1n) is 6.29. The third-order valence-electron chi connectivity index (χ3n) is 4.90. The first-order valence-corrected chi connectivity index (χ1v) is 6.29. The van der Waals surface area contributed by atoms with Gasteiger partial charge in [0, 0.05) is 24.7 Å². The normalized spacial score (nSPS) is 41.4. The number of hydrogen-bond acceptors (Lipinski definition) is 4. The van der Waals surface area contributed by atoms with Crippen molar-refractivity contribution >= 4 is 5.88 Å². The third kappa shape index (κ3) is 1.01. The van der Waals surface area contributed by atoms with Crippen molar-refractivity contribution in [3.63, 3.8) is 0 Å². The van der Waals surface area contributed by atoms with Crippen molar-refractivity contribution in [3.8, 4) is 0 Å². The maximum Gasteiger partial charge on any atom is 0.227 e. The second kappa shape index (κ2) is 3.00. The molecule has 0 radical (unpaired) electrons. The fraction of sp³-hybridized carbons (Fsp3) is 0.750. The molecule has 4 heteroatoms. The summed E-state index contributed by atoms with van der Waals surface area (Å²) in [6.45, 7) is 4.90. The van der Waals surface area contributed by atoms with E-state index < -0.39 is 0 Å². The van der Waals surface area contributed by atoms with Crippen LogP contribution in [-0.4, -0.2) is 41.8 Å². The smallest absolute Gasteiger partial charge is 0.227 e. The highest BCUT2D eigenvalue weighted by atomic mass is 16.5. The van der Waals surface area contributed by atoms with Gasteiger partial charge in [0.1, 0.15) is 0 Å². The zero-order chi connectivity index (χ0) is 10.6. The average molecular weight is 219 g/mol. The van der Waals surface area contributed by atoms with Gasteiger partial charge in [0.15, 0.2) is 0 Å². The van der Waals surface area contributed by atoms with E-state index in [4.69, 9.17) is 4.52 Å². The van der Waals surface area contributed by atoms with E-state index in [0.717, 1.165) is 24.9 Å². The summed E-state index contributed by atoms with van der Waals surface area (Å²) in [6.07, 6.45) is 5.86. The van der Waals surface area contributed by atoms with Gasteiger partial charge in [-0.1, -0.05) is 5.16 Å². The van der Waals surface area contributed by atoms with Crippen molar-refractivity contribution < 1.29 is 4.52 Å². The van der Waals surface area contributed by atoms with Gasteiger partial charge in [-0.2, -0.15) is 0 Å². The Hall–Kier alpha value is -1.03. The molecular weight excluding hydrogens is 202 g/mol. The Morgan fingerprint density at radius 2 is 2.19 bits per heavy atom. The van der Waals surface area contributed by atoms with Crippen LogP contribution in [0.4, 0.5) is 5.88 Å². The molecule has 3 aliphatic rings. The van der Waals surface area contributed by atoms with Crippen molar-refractivity contribution in [2.24, 2.45) is 5.92 Å². The number of hydrogen-bond donors (Lipinski definition) is 0. The molecule has 3 saturated heterocycles. The Bertz CT molecular complexity index is 369. The summed E-state index contributed by atoms with van der Waals surface area (Å²) >= 11 is 0. The molecule has 0 N–H and O–H groups in total. The Labute approximate surface area is 95.2 Å². The van der Waals surface area contributed by atoms with Crippen LogP contribution in [0.3, 0.4) is 0 Å². The van der Waals surface area contributed by atoms with Crippen LogP contribution >= 0.6 is 0 Å². The van der Waals surface area contributed by atoms with Crippen LogP contribution in [0.15, 0.2) is 16.8 Å². The molecule has 0 aliphatic carbocycles. The van der Waals surface area contributed by atoms with Crippen LogP contribution in [0.25, 0.3) is 0 Å². The van der Waals surface area contributed by atoms with Crippen molar-refractivity contribution in [2.75, 3.05) is 31.1 Å². The summed E-state index contributed by atoms with van der Waals surface area (Å²) in [5.74, 6) is 1.88. The predicted molar refractivity (Wildman–Crippen MR) is 60.4 cm³/mol. The van der Waals surface area contributed by atoms with Crippen LogP contribution in [0.5, 0.6) is 0 Å². The Balaban J connectivity index is 1.62. The van der Waals surface area contributed by atoms with Gasteiger partial charge in [0.2, 0.25) is 5.88 Å². The Morgan fingerprint density at radius 3 is 2.81 bits per heavy atom. The minimum absolute atomic E-state index is 0.479. The molecule has 16 heavy (non-hydrogen) atoms. The molecule has 4 rings (SSSR count). The highest BCUT2D eigenvalue weighted by molar-refractivity contribution is 5.38. The molecule has 2 bridgehead atoms. The molecular formula is C12H17N3O. The number of nitrogens with zero attached hydrogens (tertiary/aromatic N) is 3. The number of rotatable bonds is 1. The number of anilines is 1. The second-order valence-electron chi connectivity index (χ2n) is 5.39. The van der Waals surface area contributed by atoms with Gasteiger partial charge in [-0.05, 0) is 38.3 Å². The van der Waals surface area contributed by atoms with Gasteiger partial charge in [-0.3, -0.25) is 4.90 Å². The maximum absolute atomic E-state index is 5.27. The monoisotopic (exact) mass is 219 g/mol. The maximum atomic E-state index is 5.27. The van der Waals surface area contributed by atoms with Crippen LogP contribution in [0.1, 0.15) is 19.3 Å². The fourth-order valence-corrected chi connectivity index (χ4v) is 4.09. The van der Waals surface area contributed by atoms with E-state index in [9.17, 15) is 0 Å². The molecule has 0 aromatic carbocycles. The Morgan fingerprint density at radius 1 is 1.31 bits per heavy atom. The minimum Gasteiger partial charge on any atom is -0.339 e. The molecule has 1 spiro atoms. The molecule has 0 saturated carbocycles. The van der Waals surface area contributed by atoms with E-state index in [1.54, 1.807) is 6.20 Å². The summed E-state index contributed by atoms with van der Waals surface area (Å²) in [5.41, 5.74) is 0.479. The highest BCUT2D eigenvalue weighted by Gasteiger charge is 2.56. The molecule has 4 heterocycles. The molecule has 1 atom stereocenters. The van der Waals surface area contributed by atoms with Crippen LogP contribution in [-0.2, 0) is 0 Å². The van der Waals surface area contributed by atoms with E-state index >= 15 is 0 Å². The lowest BCUT2D eigenvalue weighted by molar-refractivity contribution is 0.193.